The molecule has 34 heavy (non-hydrogen) atoms. The Labute approximate surface area is 195 Å². The number of esters is 2. The van der Waals surface area contributed by atoms with E-state index in [1.54, 1.807) is 19.1 Å². The Morgan fingerprint density at radius 3 is 2.41 bits per heavy atom. The summed E-state index contributed by atoms with van der Waals surface area (Å²) in [5, 5.41) is 10.4. The standard InChI is InChI=1S/C23H22N2O8S/c1-13-6-8-14(9-7-13)34(30,31)22-15(5-4-10-24-22)16(11-18(26)32-2)19-20(27)17(23(29)33-3)12-25-21(19)28/h4-10,12,16H,11H2,1-3H3,(H2,25,27,28)/t16-/m0/s1. The second-order valence-corrected chi connectivity index (χ2v) is 9.20. The van der Waals surface area contributed by atoms with E-state index in [2.05, 4.69) is 14.7 Å². The maximum absolute atomic E-state index is 13.4. The Hall–Kier alpha value is -3.99. The normalized spacial score (nSPS) is 12.1. The topological polar surface area (TPSA) is 153 Å². The molecule has 11 heteroatoms. The van der Waals surface area contributed by atoms with Crippen LogP contribution in [0.3, 0.4) is 0 Å². The zero-order valence-electron chi connectivity index (χ0n) is 18.6. The number of pyridine rings is 2. The molecular formula is C23H22N2O8S. The van der Waals surface area contributed by atoms with Gasteiger partial charge in [-0.2, -0.15) is 0 Å². The number of rotatable bonds is 7. The molecule has 1 aromatic carbocycles. The number of aromatic amines is 1. The van der Waals surface area contributed by atoms with Crippen molar-refractivity contribution < 1.29 is 32.6 Å². The van der Waals surface area contributed by atoms with Gasteiger partial charge in [-0.3, -0.25) is 9.59 Å². The molecule has 0 spiro atoms. The first-order chi connectivity index (χ1) is 16.1. The number of carbonyl (C=O) groups excluding carboxylic acids is 2. The van der Waals surface area contributed by atoms with Crippen LogP contribution in [0.25, 0.3) is 0 Å². The largest absolute Gasteiger partial charge is 0.506 e. The molecule has 0 bridgehead atoms. The molecule has 0 amide bonds. The molecule has 10 nitrogen and oxygen atoms in total. The van der Waals surface area contributed by atoms with E-state index in [1.807, 2.05) is 0 Å². The highest BCUT2D eigenvalue weighted by molar-refractivity contribution is 7.91. The number of benzene rings is 1. The first-order valence-corrected chi connectivity index (χ1v) is 11.5. The van der Waals surface area contributed by atoms with Gasteiger partial charge >= 0.3 is 11.9 Å². The Bertz CT molecular complexity index is 1400. The van der Waals surface area contributed by atoms with Crippen molar-refractivity contribution >= 4 is 21.8 Å². The highest BCUT2D eigenvalue weighted by Crippen LogP contribution is 2.37. The van der Waals surface area contributed by atoms with Crippen LogP contribution >= 0.6 is 0 Å². The number of H-pyrrole nitrogens is 1. The van der Waals surface area contributed by atoms with Crippen LogP contribution in [0.2, 0.25) is 0 Å². The van der Waals surface area contributed by atoms with Crippen molar-refractivity contribution in [2.24, 2.45) is 0 Å². The third kappa shape index (κ3) is 4.69. The molecule has 0 saturated heterocycles. The summed E-state index contributed by atoms with van der Waals surface area (Å²) >= 11 is 0. The summed E-state index contributed by atoms with van der Waals surface area (Å²) < 4.78 is 36.2. The molecule has 178 valence electrons. The lowest BCUT2D eigenvalue weighted by Gasteiger charge is -2.20. The molecule has 2 heterocycles. The zero-order valence-corrected chi connectivity index (χ0v) is 19.4. The van der Waals surface area contributed by atoms with Gasteiger partial charge in [0.15, 0.2) is 5.03 Å². The van der Waals surface area contributed by atoms with Gasteiger partial charge in [0.05, 0.1) is 31.1 Å². The lowest BCUT2D eigenvalue weighted by Crippen LogP contribution is -2.23. The second-order valence-electron chi connectivity index (χ2n) is 7.33. The molecule has 3 rings (SSSR count). The van der Waals surface area contributed by atoms with Gasteiger partial charge in [-0.15, -0.1) is 0 Å². The van der Waals surface area contributed by atoms with E-state index in [0.717, 1.165) is 26.0 Å². The minimum Gasteiger partial charge on any atom is -0.506 e. The molecule has 0 aliphatic rings. The Balaban J connectivity index is 2.30. The van der Waals surface area contributed by atoms with Crippen LogP contribution in [0.15, 0.2) is 63.5 Å². The molecular weight excluding hydrogens is 464 g/mol. The fraction of sp³-hybridized carbons (Fsp3) is 0.217. The van der Waals surface area contributed by atoms with Gasteiger partial charge in [-0.1, -0.05) is 23.8 Å². The van der Waals surface area contributed by atoms with E-state index in [9.17, 15) is 27.9 Å². The SMILES string of the molecule is COC(=O)C[C@@H](c1cccnc1S(=O)(=O)c1ccc(C)cc1)c1c(O)c(C(=O)OC)c[nH]c1=O. The molecule has 2 N–H and O–H groups in total. The van der Waals surface area contributed by atoms with Gasteiger partial charge < -0.3 is 19.6 Å². The number of sulfone groups is 1. The van der Waals surface area contributed by atoms with Crippen LogP contribution in [0.5, 0.6) is 5.75 Å². The maximum Gasteiger partial charge on any atom is 0.343 e. The number of aromatic nitrogens is 2. The molecule has 0 fully saturated rings. The first-order valence-electron chi connectivity index (χ1n) is 9.98. The average Bonchev–Trinajstić information content (AvgIpc) is 2.83. The van der Waals surface area contributed by atoms with Crippen LogP contribution in [0.1, 0.15) is 39.4 Å². The third-order valence-corrected chi connectivity index (χ3v) is 6.96. The van der Waals surface area contributed by atoms with Crippen molar-refractivity contribution in [2.75, 3.05) is 14.2 Å². The Morgan fingerprint density at radius 2 is 1.79 bits per heavy atom. The molecule has 0 unspecified atom stereocenters. The summed E-state index contributed by atoms with van der Waals surface area (Å²) in [5.41, 5.74) is -0.779. The van der Waals surface area contributed by atoms with Crippen LogP contribution < -0.4 is 5.56 Å². The molecule has 0 aliphatic heterocycles. The number of aromatic hydroxyl groups is 1. The van der Waals surface area contributed by atoms with Gasteiger partial charge in [-0.25, -0.2) is 18.2 Å². The predicted molar refractivity (Wildman–Crippen MR) is 119 cm³/mol. The summed E-state index contributed by atoms with van der Waals surface area (Å²) in [7, 11) is -1.97. The smallest absolute Gasteiger partial charge is 0.343 e. The van der Waals surface area contributed by atoms with Gasteiger partial charge in [0.2, 0.25) is 9.84 Å². The molecule has 2 aromatic heterocycles. The molecule has 3 aromatic rings. The molecule has 0 radical (unpaired) electrons. The summed E-state index contributed by atoms with van der Waals surface area (Å²) in [6.45, 7) is 1.80. The number of aryl methyl sites for hydroxylation is 1. The first kappa shape index (κ1) is 24.6. The van der Waals surface area contributed by atoms with Gasteiger partial charge in [-0.05, 0) is 30.7 Å². The second kappa shape index (κ2) is 9.87. The fourth-order valence-electron chi connectivity index (χ4n) is 3.46. The van der Waals surface area contributed by atoms with E-state index in [-0.39, 0.29) is 16.0 Å². The molecule has 1 atom stereocenters. The molecule has 0 aliphatic carbocycles. The average molecular weight is 487 g/mol. The van der Waals surface area contributed by atoms with E-state index >= 15 is 0 Å². The summed E-state index contributed by atoms with van der Waals surface area (Å²) in [6.07, 6.45) is 1.71. The molecule has 0 saturated carbocycles. The van der Waals surface area contributed by atoms with Crippen molar-refractivity contribution in [2.45, 2.75) is 29.2 Å². The number of nitrogens with one attached hydrogen (secondary N) is 1. The van der Waals surface area contributed by atoms with Crippen molar-refractivity contribution in [3.63, 3.8) is 0 Å². The van der Waals surface area contributed by atoms with E-state index < -0.39 is 56.0 Å². The third-order valence-electron chi connectivity index (χ3n) is 5.22. The highest BCUT2D eigenvalue weighted by atomic mass is 32.2. The van der Waals surface area contributed by atoms with Crippen LogP contribution in [0, 0.1) is 6.92 Å². The minimum atomic E-state index is -4.19. The van der Waals surface area contributed by atoms with E-state index in [4.69, 9.17) is 4.74 Å². The summed E-state index contributed by atoms with van der Waals surface area (Å²) in [6, 6.07) is 8.89. The van der Waals surface area contributed by atoms with Crippen LogP contribution in [-0.4, -0.2) is 49.7 Å². The Kier molecular flexibility index (Phi) is 7.16. The van der Waals surface area contributed by atoms with Crippen molar-refractivity contribution in [3.8, 4) is 5.75 Å². The number of hydrogen-bond acceptors (Lipinski definition) is 9. The van der Waals surface area contributed by atoms with Crippen molar-refractivity contribution in [1.29, 1.82) is 0 Å². The number of methoxy groups -OCH3 is 2. The summed E-state index contributed by atoms with van der Waals surface area (Å²) in [4.78, 5) is 43.4. The predicted octanol–water partition coefficient (Wildman–Crippen LogP) is 2.10. The number of ether oxygens (including phenoxy) is 2. The van der Waals surface area contributed by atoms with E-state index in [1.165, 1.54) is 30.5 Å². The highest BCUT2D eigenvalue weighted by Gasteiger charge is 2.33. The monoisotopic (exact) mass is 486 g/mol. The number of nitrogens with zero attached hydrogens (tertiary/aromatic N) is 1. The zero-order chi connectivity index (χ0) is 25.0. The minimum absolute atomic E-state index is 0.0312. The summed E-state index contributed by atoms with van der Waals surface area (Å²) in [5.74, 6) is -3.78. The van der Waals surface area contributed by atoms with Crippen molar-refractivity contribution in [3.05, 3.63) is 81.4 Å². The van der Waals surface area contributed by atoms with Gasteiger partial charge in [0.1, 0.15) is 11.3 Å². The van der Waals surface area contributed by atoms with Gasteiger partial charge in [0, 0.05) is 18.3 Å². The van der Waals surface area contributed by atoms with Crippen LogP contribution in [0.4, 0.5) is 0 Å². The Morgan fingerprint density at radius 1 is 1.12 bits per heavy atom. The number of hydrogen-bond donors (Lipinski definition) is 2. The lowest BCUT2D eigenvalue weighted by atomic mass is 9.88. The van der Waals surface area contributed by atoms with Crippen LogP contribution in [-0.2, 0) is 24.1 Å². The number of carbonyl (C=O) groups is 2. The fourth-order valence-corrected chi connectivity index (χ4v) is 4.90. The van der Waals surface area contributed by atoms with Gasteiger partial charge in [0.25, 0.3) is 5.56 Å². The lowest BCUT2D eigenvalue weighted by molar-refractivity contribution is -0.140. The van der Waals surface area contributed by atoms with E-state index in [0.29, 0.717) is 0 Å². The maximum atomic E-state index is 13.4. The quantitative estimate of drug-likeness (QED) is 0.478. The van der Waals surface area contributed by atoms with Crippen molar-refractivity contribution in [1.82, 2.24) is 9.97 Å².